The van der Waals surface area contributed by atoms with E-state index in [1.807, 2.05) is 12.3 Å². The van der Waals surface area contributed by atoms with Crippen molar-refractivity contribution in [1.29, 1.82) is 0 Å². The zero-order valence-electron chi connectivity index (χ0n) is 9.44. The maximum Gasteiger partial charge on any atom is 0.327 e. The van der Waals surface area contributed by atoms with E-state index in [4.69, 9.17) is 26.9 Å². The Hall–Kier alpha value is -0.810. The first-order chi connectivity index (χ1) is 8.80. The Balaban J connectivity index is 2.23. The Kier molecular flexibility index (Phi) is 4.06. The highest BCUT2D eigenvalue weighted by atomic mass is 35.5. The van der Waals surface area contributed by atoms with Gasteiger partial charge in [0.15, 0.2) is 5.69 Å². The number of halogens is 1. The topological polar surface area (TPSA) is 110 Å². The zero-order valence-corrected chi connectivity index (χ0v) is 11.8. The first-order valence-electron chi connectivity index (χ1n) is 4.84. The number of anilines is 1. The van der Waals surface area contributed by atoms with Crippen molar-refractivity contribution in [1.82, 2.24) is 5.16 Å². The van der Waals surface area contributed by atoms with Crippen molar-refractivity contribution in [2.24, 2.45) is 0 Å². The summed E-state index contributed by atoms with van der Waals surface area (Å²) in [5, 5.41) is 41.3. The van der Waals surface area contributed by atoms with Crippen LogP contribution in [0.1, 0.15) is 10.6 Å². The van der Waals surface area contributed by atoms with Gasteiger partial charge in [-0.1, -0.05) is 16.8 Å². The molecule has 104 valence electrons. The van der Waals surface area contributed by atoms with Crippen LogP contribution in [0.25, 0.3) is 0 Å². The summed E-state index contributed by atoms with van der Waals surface area (Å²) >= 11 is 8.14. The Morgan fingerprint density at radius 3 is 2.63 bits per heavy atom. The van der Waals surface area contributed by atoms with Crippen LogP contribution in [0.4, 0.5) is 5.88 Å². The molecule has 4 N–H and O–H groups in total. The molecule has 0 aliphatic carbocycles. The van der Waals surface area contributed by atoms with Crippen molar-refractivity contribution in [2.45, 2.75) is 17.8 Å². The Morgan fingerprint density at radius 1 is 1.47 bits per heavy atom. The van der Waals surface area contributed by atoms with Crippen molar-refractivity contribution in [3.8, 4) is 0 Å². The van der Waals surface area contributed by atoms with E-state index in [9.17, 15) is 5.21 Å². The molecule has 0 radical (unpaired) electrons. The Labute approximate surface area is 120 Å². The Bertz CT molecular complexity index is 579. The van der Waals surface area contributed by atoms with Crippen LogP contribution in [0.5, 0.6) is 0 Å². The molecule has 0 aromatic carbocycles. The van der Waals surface area contributed by atoms with Crippen LogP contribution in [-0.2, 0) is 5.97 Å². The lowest BCUT2D eigenvalue weighted by Gasteiger charge is -2.12. The summed E-state index contributed by atoms with van der Waals surface area (Å²) < 4.78 is 5.25. The number of hydrogen-bond donors (Lipinski definition) is 4. The lowest BCUT2D eigenvalue weighted by molar-refractivity contribution is -0.326. The minimum Gasteiger partial charge on any atom is -0.338 e. The van der Waals surface area contributed by atoms with Crippen LogP contribution < -0.4 is 4.47 Å². The molecule has 0 bridgehead atoms. The fourth-order valence-electron chi connectivity index (χ4n) is 1.20. The molecule has 0 amide bonds. The Morgan fingerprint density at radius 2 is 2.16 bits per heavy atom. The number of hydrogen-bond acceptors (Lipinski definition) is 9. The molecule has 10 heteroatoms. The smallest absolute Gasteiger partial charge is 0.327 e. The van der Waals surface area contributed by atoms with Crippen LogP contribution >= 0.6 is 34.9 Å². The lowest BCUT2D eigenvalue weighted by Crippen LogP contribution is -2.24. The third-order valence-electron chi connectivity index (χ3n) is 2.11. The van der Waals surface area contributed by atoms with Crippen LogP contribution in [0.3, 0.4) is 0 Å². The fourth-order valence-corrected chi connectivity index (χ4v) is 3.11. The van der Waals surface area contributed by atoms with E-state index in [-0.39, 0.29) is 5.88 Å². The van der Waals surface area contributed by atoms with Gasteiger partial charge in [-0.05, 0) is 18.4 Å². The van der Waals surface area contributed by atoms with Gasteiger partial charge in [0.2, 0.25) is 0 Å². The molecule has 2 aromatic heterocycles. The number of aromatic nitrogens is 1. The van der Waals surface area contributed by atoms with Crippen molar-refractivity contribution in [2.75, 3.05) is 4.47 Å². The van der Waals surface area contributed by atoms with Crippen molar-refractivity contribution in [3.63, 3.8) is 0 Å². The van der Waals surface area contributed by atoms with Crippen LogP contribution in [0.2, 0.25) is 5.02 Å². The van der Waals surface area contributed by atoms with Crippen LogP contribution in [0, 0.1) is 6.92 Å². The maximum absolute atomic E-state index is 9.81. The quantitative estimate of drug-likeness (QED) is 0.382. The van der Waals surface area contributed by atoms with Gasteiger partial charge in [-0.2, -0.15) is 4.47 Å². The van der Waals surface area contributed by atoms with Gasteiger partial charge in [0.1, 0.15) is 5.02 Å². The molecule has 0 fully saturated rings. The van der Waals surface area contributed by atoms with Crippen LogP contribution in [0.15, 0.2) is 20.9 Å². The SMILES string of the molecule is Cc1sccc1SN(O)c1onc(C(O)(O)O)c1Cl. The number of aryl methyl sites for hydroxylation is 1. The summed E-state index contributed by atoms with van der Waals surface area (Å²) in [5.74, 6) is -3.56. The molecule has 0 saturated heterocycles. The molecule has 2 heterocycles. The molecule has 0 atom stereocenters. The maximum atomic E-state index is 9.81. The number of rotatable bonds is 4. The second-order valence-electron chi connectivity index (χ2n) is 3.49. The number of nitrogens with zero attached hydrogens (tertiary/aromatic N) is 2. The minimum absolute atomic E-state index is 0.325. The van der Waals surface area contributed by atoms with E-state index >= 15 is 0 Å². The molecule has 0 aliphatic heterocycles. The van der Waals surface area contributed by atoms with E-state index in [0.717, 1.165) is 21.7 Å². The molecule has 0 unspecified atom stereocenters. The summed E-state index contributed by atoms with van der Waals surface area (Å²) in [5.41, 5.74) is -0.703. The molecular formula is C9H9ClN2O5S2. The molecule has 2 rings (SSSR count). The highest BCUT2D eigenvalue weighted by Crippen LogP contribution is 2.38. The summed E-state index contributed by atoms with van der Waals surface area (Å²) in [7, 11) is 0. The molecule has 7 nitrogen and oxygen atoms in total. The predicted molar refractivity (Wildman–Crippen MR) is 69.0 cm³/mol. The van der Waals surface area contributed by atoms with Crippen molar-refractivity contribution < 1.29 is 25.0 Å². The van der Waals surface area contributed by atoms with E-state index in [1.165, 1.54) is 11.3 Å². The minimum atomic E-state index is -3.23. The standard InChI is InChI=1S/C9H9ClN2O5S2/c1-4-5(2-3-18-4)19-12(16)8-6(10)7(11-17-8)9(13,14)15/h2-3,13-16H,1H3. The number of thiophene rings is 1. The average molecular weight is 325 g/mol. The van der Waals surface area contributed by atoms with Gasteiger partial charge in [0, 0.05) is 21.7 Å². The third kappa shape index (κ3) is 3.03. The van der Waals surface area contributed by atoms with Crippen molar-refractivity contribution in [3.05, 3.63) is 27.0 Å². The highest BCUT2D eigenvalue weighted by molar-refractivity contribution is 8.00. The molecule has 19 heavy (non-hydrogen) atoms. The van der Waals surface area contributed by atoms with Gasteiger partial charge >= 0.3 is 5.97 Å². The normalized spacial score (nSPS) is 11.9. The van der Waals surface area contributed by atoms with Gasteiger partial charge < -0.3 is 19.8 Å². The van der Waals surface area contributed by atoms with Gasteiger partial charge in [0.25, 0.3) is 5.88 Å². The lowest BCUT2D eigenvalue weighted by atomic mass is 10.4. The first-order valence-corrected chi connectivity index (χ1v) is 6.87. The van der Waals surface area contributed by atoms with Gasteiger partial charge in [0.05, 0.1) is 0 Å². The van der Waals surface area contributed by atoms with Crippen molar-refractivity contribution >= 4 is 40.8 Å². The van der Waals surface area contributed by atoms with Gasteiger partial charge in [-0.15, -0.1) is 11.3 Å². The molecule has 0 spiro atoms. The summed E-state index contributed by atoms with van der Waals surface area (Å²) in [6.07, 6.45) is 0. The summed E-state index contributed by atoms with van der Waals surface area (Å²) in [6, 6.07) is 1.79. The van der Waals surface area contributed by atoms with Gasteiger partial charge in [-0.3, -0.25) is 5.21 Å². The van der Waals surface area contributed by atoms with E-state index in [0.29, 0.717) is 4.47 Å². The highest BCUT2D eigenvalue weighted by Gasteiger charge is 2.34. The molecule has 0 aliphatic rings. The zero-order chi connectivity index (χ0) is 14.2. The molecule has 2 aromatic rings. The monoisotopic (exact) mass is 324 g/mol. The summed E-state index contributed by atoms with van der Waals surface area (Å²) in [4.78, 5) is 1.74. The second kappa shape index (κ2) is 5.29. The molecular weight excluding hydrogens is 316 g/mol. The van der Waals surface area contributed by atoms with E-state index < -0.39 is 16.7 Å². The third-order valence-corrected chi connectivity index (χ3v) is 4.40. The number of aliphatic hydroxyl groups is 3. The molecule has 0 saturated carbocycles. The van der Waals surface area contributed by atoms with E-state index in [1.54, 1.807) is 6.07 Å². The first kappa shape index (κ1) is 14.6. The van der Waals surface area contributed by atoms with Crippen LogP contribution in [-0.4, -0.2) is 25.7 Å². The van der Waals surface area contributed by atoms with E-state index in [2.05, 4.69) is 9.68 Å². The summed E-state index contributed by atoms with van der Waals surface area (Å²) in [6.45, 7) is 1.87. The average Bonchev–Trinajstić information content (AvgIpc) is 2.85. The largest absolute Gasteiger partial charge is 0.338 e. The van der Waals surface area contributed by atoms with Gasteiger partial charge in [-0.25, -0.2) is 0 Å². The fraction of sp³-hybridized carbons (Fsp3) is 0.222. The predicted octanol–water partition coefficient (Wildman–Crippen LogP) is 1.69. The second-order valence-corrected chi connectivity index (χ2v) is 5.96.